The number of aryl methyl sites for hydroxylation is 1. The molecule has 0 aromatic heterocycles. The molecule has 8 heteroatoms. The van der Waals surface area contributed by atoms with Crippen molar-refractivity contribution in [2.45, 2.75) is 25.4 Å². The fourth-order valence-electron chi connectivity index (χ4n) is 1.28. The van der Waals surface area contributed by atoms with Crippen LogP contribution >= 0.6 is 0 Å². The molecule has 1 rings (SSSR count). The molecule has 0 amide bonds. The van der Waals surface area contributed by atoms with Gasteiger partial charge in [-0.3, -0.25) is 9.59 Å². The molecule has 0 spiro atoms. The van der Waals surface area contributed by atoms with Gasteiger partial charge in [0.15, 0.2) is 5.60 Å². The van der Waals surface area contributed by atoms with Crippen molar-refractivity contribution in [3.8, 4) is 0 Å². The molecule has 8 nitrogen and oxygen atoms in total. The number of carboxylic acids is 3. The third-order valence-corrected chi connectivity index (χ3v) is 2.36. The number of hydrogen-bond donors (Lipinski definition) is 5. The summed E-state index contributed by atoms with van der Waals surface area (Å²) in [5.74, 6) is -5.02. The minimum absolute atomic E-state index is 0.829. The van der Waals surface area contributed by atoms with Gasteiger partial charge >= 0.3 is 17.9 Å². The zero-order valence-electron chi connectivity index (χ0n) is 11.3. The van der Waals surface area contributed by atoms with Crippen molar-refractivity contribution in [2.24, 2.45) is 0 Å². The second kappa shape index (κ2) is 7.85. The van der Waals surface area contributed by atoms with Gasteiger partial charge in [0.1, 0.15) is 0 Å². The van der Waals surface area contributed by atoms with E-state index in [2.05, 4.69) is 0 Å². The summed E-state index contributed by atoms with van der Waals surface area (Å²) in [4.78, 5) is 30.5. The average molecular weight is 299 g/mol. The lowest BCUT2D eigenvalue weighted by atomic mass is 9.96. The number of rotatable bonds is 5. The van der Waals surface area contributed by atoms with Crippen LogP contribution in [0.4, 0.5) is 5.69 Å². The van der Waals surface area contributed by atoms with E-state index in [1.54, 1.807) is 0 Å². The van der Waals surface area contributed by atoms with Crippen LogP contribution in [0.3, 0.4) is 0 Å². The normalized spacial score (nSPS) is 10.2. The average Bonchev–Trinajstić information content (AvgIpc) is 2.31. The van der Waals surface area contributed by atoms with Crippen LogP contribution in [0.25, 0.3) is 0 Å². The highest BCUT2D eigenvalue weighted by atomic mass is 16.4. The molecule has 0 bridgehead atoms. The Morgan fingerprint density at radius 2 is 1.38 bits per heavy atom. The van der Waals surface area contributed by atoms with Crippen LogP contribution in [0, 0.1) is 6.92 Å². The number of carbonyl (C=O) groups is 3. The van der Waals surface area contributed by atoms with E-state index in [4.69, 9.17) is 26.2 Å². The molecule has 0 unspecified atom stereocenters. The summed E-state index contributed by atoms with van der Waals surface area (Å²) < 4.78 is 0. The molecular formula is C13H17NO7. The van der Waals surface area contributed by atoms with E-state index in [0.29, 0.717) is 0 Å². The van der Waals surface area contributed by atoms with Crippen molar-refractivity contribution >= 4 is 23.6 Å². The molecule has 6 N–H and O–H groups in total. The first-order valence-corrected chi connectivity index (χ1v) is 5.78. The van der Waals surface area contributed by atoms with Gasteiger partial charge in [-0.05, 0) is 19.1 Å². The van der Waals surface area contributed by atoms with Crippen molar-refractivity contribution in [1.29, 1.82) is 0 Å². The highest BCUT2D eigenvalue weighted by Gasteiger charge is 2.40. The van der Waals surface area contributed by atoms with Gasteiger partial charge in [-0.2, -0.15) is 0 Å². The SMILES string of the molecule is Cc1ccc(N)cc1.O=C(O)CC(O)(CC(=O)O)C(=O)O. The molecule has 0 atom stereocenters. The Balaban J connectivity index is 0.000000423. The second-order valence-corrected chi connectivity index (χ2v) is 4.39. The highest BCUT2D eigenvalue weighted by Crippen LogP contribution is 2.15. The number of aliphatic hydroxyl groups is 1. The second-order valence-electron chi connectivity index (χ2n) is 4.39. The van der Waals surface area contributed by atoms with Crippen molar-refractivity contribution < 1.29 is 34.8 Å². The predicted octanol–water partition coefficient (Wildman–Crippen LogP) is 0.329. The zero-order chi connectivity index (χ0) is 16.6. The van der Waals surface area contributed by atoms with E-state index in [0.717, 1.165) is 5.69 Å². The molecular weight excluding hydrogens is 282 g/mol. The van der Waals surface area contributed by atoms with Crippen LogP contribution in [0.5, 0.6) is 0 Å². The Hall–Kier alpha value is -2.61. The van der Waals surface area contributed by atoms with Crippen LogP contribution in [0.1, 0.15) is 18.4 Å². The monoisotopic (exact) mass is 299 g/mol. The van der Waals surface area contributed by atoms with E-state index in [1.807, 2.05) is 31.2 Å². The summed E-state index contributed by atoms with van der Waals surface area (Å²) in [6, 6.07) is 7.79. The lowest BCUT2D eigenvalue weighted by Gasteiger charge is -2.18. The molecule has 1 aromatic carbocycles. The van der Waals surface area contributed by atoms with Crippen LogP contribution < -0.4 is 5.73 Å². The summed E-state index contributed by atoms with van der Waals surface area (Å²) in [6.07, 6.45) is -2.29. The number of carboxylic acid groups (broad SMARTS) is 3. The molecule has 0 saturated heterocycles. The molecule has 0 aliphatic rings. The van der Waals surface area contributed by atoms with Crippen molar-refractivity contribution in [2.75, 3.05) is 5.73 Å². The number of nitrogen functional groups attached to an aromatic ring is 1. The molecule has 1 aromatic rings. The molecule has 0 fully saturated rings. The Morgan fingerprint density at radius 3 is 1.62 bits per heavy atom. The zero-order valence-corrected chi connectivity index (χ0v) is 11.3. The molecule has 116 valence electrons. The Kier molecular flexibility index (Phi) is 6.88. The lowest BCUT2D eigenvalue weighted by Crippen LogP contribution is -2.42. The maximum Gasteiger partial charge on any atom is 0.336 e. The van der Waals surface area contributed by atoms with E-state index >= 15 is 0 Å². The van der Waals surface area contributed by atoms with E-state index in [1.165, 1.54) is 5.56 Å². The number of nitrogens with two attached hydrogens (primary N) is 1. The first-order valence-electron chi connectivity index (χ1n) is 5.78. The van der Waals surface area contributed by atoms with Gasteiger partial charge < -0.3 is 26.2 Å². The standard InChI is InChI=1S/C7H9N.C6H8O7/c1-6-2-4-7(8)5-3-6;7-3(8)1-6(13,5(11)12)2-4(9)10/h2-5H,8H2,1H3;13H,1-2H2,(H,7,8)(H,9,10)(H,11,12). The smallest absolute Gasteiger partial charge is 0.336 e. The maximum absolute atomic E-state index is 10.3. The number of hydrogen-bond acceptors (Lipinski definition) is 5. The fraction of sp³-hybridized carbons (Fsp3) is 0.308. The third-order valence-electron chi connectivity index (χ3n) is 2.36. The first kappa shape index (κ1) is 18.4. The summed E-state index contributed by atoms with van der Waals surface area (Å²) in [5.41, 5.74) is 4.77. The van der Waals surface area contributed by atoms with Gasteiger partial charge in [0, 0.05) is 5.69 Å². The number of aliphatic carboxylic acids is 3. The van der Waals surface area contributed by atoms with Gasteiger partial charge in [-0.25, -0.2) is 4.79 Å². The lowest BCUT2D eigenvalue weighted by molar-refractivity contribution is -0.170. The van der Waals surface area contributed by atoms with E-state index in [9.17, 15) is 14.4 Å². The maximum atomic E-state index is 10.3. The Bertz CT molecular complexity index is 473. The van der Waals surface area contributed by atoms with Crippen LogP contribution in [-0.2, 0) is 14.4 Å². The largest absolute Gasteiger partial charge is 0.481 e. The summed E-state index contributed by atoms with van der Waals surface area (Å²) in [5, 5.41) is 33.8. The first-order chi connectivity index (χ1) is 9.56. The van der Waals surface area contributed by atoms with Crippen molar-refractivity contribution in [3.05, 3.63) is 29.8 Å². The topological polar surface area (TPSA) is 158 Å². The van der Waals surface area contributed by atoms with Crippen LogP contribution in [0.15, 0.2) is 24.3 Å². The van der Waals surface area contributed by atoms with Gasteiger partial charge in [-0.15, -0.1) is 0 Å². The molecule has 0 aliphatic carbocycles. The quantitative estimate of drug-likeness (QED) is 0.486. The summed E-state index contributed by atoms with van der Waals surface area (Å²) in [7, 11) is 0. The summed E-state index contributed by atoms with van der Waals surface area (Å²) >= 11 is 0. The van der Waals surface area contributed by atoms with Crippen LogP contribution in [0.2, 0.25) is 0 Å². The minimum atomic E-state index is -2.74. The summed E-state index contributed by atoms with van der Waals surface area (Å²) in [6.45, 7) is 2.04. The third kappa shape index (κ3) is 7.53. The predicted molar refractivity (Wildman–Crippen MR) is 72.7 cm³/mol. The van der Waals surface area contributed by atoms with E-state index < -0.39 is 36.4 Å². The van der Waals surface area contributed by atoms with Gasteiger partial charge in [0.2, 0.25) is 0 Å². The minimum Gasteiger partial charge on any atom is -0.481 e. The fourth-order valence-corrected chi connectivity index (χ4v) is 1.28. The molecule has 21 heavy (non-hydrogen) atoms. The van der Waals surface area contributed by atoms with Crippen LogP contribution in [-0.4, -0.2) is 43.9 Å². The Morgan fingerprint density at radius 1 is 1.00 bits per heavy atom. The van der Waals surface area contributed by atoms with Gasteiger partial charge in [-0.1, -0.05) is 17.7 Å². The molecule has 0 heterocycles. The number of anilines is 1. The highest BCUT2D eigenvalue weighted by molar-refractivity contribution is 5.88. The van der Waals surface area contributed by atoms with Crippen molar-refractivity contribution in [3.63, 3.8) is 0 Å². The van der Waals surface area contributed by atoms with Crippen molar-refractivity contribution in [1.82, 2.24) is 0 Å². The van der Waals surface area contributed by atoms with Gasteiger partial charge in [0.05, 0.1) is 12.8 Å². The molecule has 0 radical (unpaired) electrons. The van der Waals surface area contributed by atoms with Gasteiger partial charge in [0.25, 0.3) is 0 Å². The van der Waals surface area contributed by atoms with E-state index in [-0.39, 0.29) is 0 Å². The Labute approximate surface area is 120 Å². The molecule has 0 aliphatic heterocycles. The number of benzene rings is 1. The molecule has 0 saturated carbocycles.